The summed E-state index contributed by atoms with van der Waals surface area (Å²) in [5.74, 6) is -0.687. The lowest BCUT2D eigenvalue weighted by Gasteiger charge is -2.21. The van der Waals surface area contributed by atoms with E-state index in [9.17, 15) is 9.59 Å². The summed E-state index contributed by atoms with van der Waals surface area (Å²) < 4.78 is 5.34. The first-order valence-corrected chi connectivity index (χ1v) is 8.37. The monoisotopic (exact) mass is 323 g/mol. The molecular formula is C17H29N3O3. The molecule has 1 rings (SSSR count). The van der Waals surface area contributed by atoms with Crippen molar-refractivity contribution in [1.82, 2.24) is 10.2 Å². The van der Waals surface area contributed by atoms with Crippen LogP contribution in [0.25, 0.3) is 0 Å². The Labute approximate surface area is 138 Å². The van der Waals surface area contributed by atoms with Crippen molar-refractivity contribution in [2.45, 2.75) is 64.4 Å². The number of carbonyl (C=O) groups is 2. The van der Waals surface area contributed by atoms with Gasteiger partial charge in [-0.15, -0.1) is 0 Å². The number of cyclic esters (lactones) is 1. The standard InChI is InChI=1S/C17H29N3O3/c1-13-10-8-6-4-5-7-9-11-15(21)19-17(18)20(3)12-16(22)23-14(13)2/h14H,1,4-12H2,2-3H3,(H2,18,19,21)/t14-/m0/s1. The lowest BCUT2D eigenvalue weighted by molar-refractivity contribution is -0.147. The van der Waals surface area contributed by atoms with Gasteiger partial charge in [-0.1, -0.05) is 32.3 Å². The summed E-state index contributed by atoms with van der Waals surface area (Å²) in [5, 5.41) is 10.3. The fraction of sp³-hybridized carbons (Fsp3) is 0.706. The average Bonchev–Trinajstić information content (AvgIpc) is 2.48. The van der Waals surface area contributed by atoms with E-state index in [0.717, 1.165) is 50.5 Å². The van der Waals surface area contributed by atoms with E-state index in [1.807, 2.05) is 6.92 Å². The Hall–Kier alpha value is -1.85. The number of nitrogens with one attached hydrogen (secondary N) is 2. The van der Waals surface area contributed by atoms with Crippen molar-refractivity contribution < 1.29 is 14.3 Å². The molecule has 23 heavy (non-hydrogen) atoms. The first kappa shape index (κ1) is 19.2. The van der Waals surface area contributed by atoms with Crippen LogP contribution in [-0.2, 0) is 14.3 Å². The third kappa shape index (κ3) is 7.81. The van der Waals surface area contributed by atoms with Gasteiger partial charge in [-0.2, -0.15) is 0 Å². The first-order chi connectivity index (χ1) is 10.9. The molecular weight excluding hydrogens is 294 g/mol. The Bertz CT molecular complexity index is 448. The van der Waals surface area contributed by atoms with Crippen molar-refractivity contribution >= 4 is 17.8 Å². The zero-order valence-corrected chi connectivity index (χ0v) is 14.3. The molecule has 0 unspecified atom stereocenters. The topological polar surface area (TPSA) is 82.5 Å². The molecule has 130 valence electrons. The number of ether oxygens (including phenoxy) is 1. The Kier molecular flexibility index (Phi) is 8.37. The molecule has 6 nitrogen and oxygen atoms in total. The van der Waals surface area contributed by atoms with Crippen LogP contribution in [0.5, 0.6) is 0 Å². The van der Waals surface area contributed by atoms with Crippen LogP contribution in [0.3, 0.4) is 0 Å². The van der Waals surface area contributed by atoms with Crippen molar-refractivity contribution in [2.24, 2.45) is 0 Å². The summed E-state index contributed by atoms with van der Waals surface area (Å²) >= 11 is 0. The van der Waals surface area contributed by atoms with E-state index < -0.39 is 5.97 Å². The summed E-state index contributed by atoms with van der Waals surface area (Å²) in [6.07, 6.45) is 7.22. The van der Waals surface area contributed by atoms with Gasteiger partial charge >= 0.3 is 5.97 Å². The molecule has 0 spiro atoms. The molecule has 6 heteroatoms. The van der Waals surface area contributed by atoms with E-state index in [2.05, 4.69) is 11.9 Å². The highest BCUT2D eigenvalue weighted by Crippen LogP contribution is 2.15. The summed E-state index contributed by atoms with van der Waals surface area (Å²) in [6.45, 7) is 5.75. The van der Waals surface area contributed by atoms with Crippen LogP contribution >= 0.6 is 0 Å². The summed E-state index contributed by atoms with van der Waals surface area (Å²) in [4.78, 5) is 25.0. The quantitative estimate of drug-likeness (QED) is 0.530. The van der Waals surface area contributed by atoms with Crippen LogP contribution < -0.4 is 5.32 Å². The van der Waals surface area contributed by atoms with Crippen LogP contribution in [0.2, 0.25) is 0 Å². The normalized spacial score (nSPS) is 23.9. The number of hydrogen-bond donors (Lipinski definition) is 2. The van der Waals surface area contributed by atoms with Crippen molar-refractivity contribution in [3.8, 4) is 0 Å². The average molecular weight is 323 g/mol. The molecule has 0 aromatic rings. The van der Waals surface area contributed by atoms with Crippen LogP contribution in [0, 0.1) is 5.41 Å². The molecule has 0 bridgehead atoms. The molecule has 1 aliphatic heterocycles. The SMILES string of the molecule is C=C1CCCCCCCCC(=O)NC(=N)N(C)CC(=O)O[C@H]1C. The Balaban J connectivity index is 2.62. The van der Waals surface area contributed by atoms with Crippen LogP contribution in [0.1, 0.15) is 58.3 Å². The second kappa shape index (κ2) is 10.0. The van der Waals surface area contributed by atoms with E-state index in [4.69, 9.17) is 10.1 Å². The number of rotatable bonds is 0. The van der Waals surface area contributed by atoms with Crippen LogP contribution in [0.15, 0.2) is 12.2 Å². The number of nitrogens with zero attached hydrogens (tertiary/aromatic N) is 1. The minimum atomic E-state index is -0.426. The largest absolute Gasteiger partial charge is 0.457 e. The molecule has 1 fully saturated rings. The van der Waals surface area contributed by atoms with Crippen molar-refractivity contribution in [3.05, 3.63) is 12.2 Å². The van der Waals surface area contributed by atoms with Crippen LogP contribution in [0.4, 0.5) is 0 Å². The maximum atomic E-state index is 11.9. The third-order valence-corrected chi connectivity index (χ3v) is 4.04. The van der Waals surface area contributed by atoms with Gasteiger partial charge in [-0.25, -0.2) is 0 Å². The maximum Gasteiger partial charge on any atom is 0.326 e. The van der Waals surface area contributed by atoms with Crippen molar-refractivity contribution in [3.63, 3.8) is 0 Å². The van der Waals surface area contributed by atoms with Gasteiger partial charge in [0.2, 0.25) is 5.91 Å². The lowest BCUT2D eigenvalue weighted by Crippen LogP contribution is -2.44. The Morgan fingerprint density at radius 2 is 1.70 bits per heavy atom. The number of hydrogen-bond acceptors (Lipinski definition) is 4. The van der Waals surface area contributed by atoms with Crippen molar-refractivity contribution in [2.75, 3.05) is 13.6 Å². The van der Waals surface area contributed by atoms with Crippen molar-refractivity contribution in [1.29, 1.82) is 5.41 Å². The van der Waals surface area contributed by atoms with E-state index in [1.165, 1.54) is 4.90 Å². The molecule has 0 saturated carbocycles. The van der Waals surface area contributed by atoms with Gasteiger partial charge in [-0.3, -0.25) is 20.3 Å². The highest BCUT2D eigenvalue weighted by atomic mass is 16.5. The fourth-order valence-electron chi connectivity index (χ4n) is 2.43. The molecule has 1 atom stereocenters. The van der Waals surface area contributed by atoms with Crippen LogP contribution in [-0.4, -0.2) is 42.4 Å². The smallest absolute Gasteiger partial charge is 0.326 e. The van der Waals surface area contributed by atoms with Gasteiger partial charge in [0, 0.05) is 13.5 Å². The number of esters is 1. The summed E-state index contributed by atoms with van der Waals surface area (Å²) in [7, 11) is 1.58. The van der Waals surface area contributed by atoms with E-state index in [0.29, 0.717) is 6.42 Å². The summed E-state index contributed by atoms with van der Waals surface area (Å²) in [5.41, 5.74) is 0.925. The van der Waals surface area contributed by atoms with E-state index in [1.54, 1.807) is 7.05 Å². The molecule has 0 aromatic carbocycles. The minimum Gasteiger partial charge on any atom is -0.457 e. The van der Waals surface area contributed by atoms with Gasteiger partial charge in [0.15, 0.2) is 5.96 Å². The molecule has 0 aliphatic carbocycles. The number of guanidine groups is 1. The number of likely N-dealkylation sites (N-methyl/N-ethyl adjacent to an activating group) is 1. The summed E-state index contributed by atoms with van der Waals surface area (Å²) in [6, 6.07) is 0. The molecule has 1 aliphatic rings. The van der Waals surface area contributed by atoms with Gasteiger partial charge in [-0.05, 0) is 31.8 Å². The zero-order valence-electron chi connectivity index (χ0n) is 14.3. The second-order valence-corrected chi connectivity index (χ2v) is 6.16. The molecule has 0 aromatic heterocycles. The number of carbonyl (C=O) groups excluding carboxylic acids is 2. The second-order valence-electron chi connectivity index (χ2n) is 6.16. The Morgan fingerprint density at radius 3 is 2.35 bits per heavy atom. The molecule has 1 heterocycles. The highest BCUT2D eigenvalue weighted by Gasteiger charge is 2.17. The fourth-order valence-corrected chi connectivity index (χ4v) is 2.43. The van der Waals surface area contributed by atoms with Gasteiger partial charge in [0.25, 0.3) is 0 Å². The van der Waals surface area contributed by atoms with Gasteiger partial charge in [0.05, 0.1) is 0 Å². The highest BCUT2D eigenvalue weighted by molar-refractivity contribution is 5.96. The predicted octanol–water partition coefficient (Wildman–Crippen LogP) is 2.59. The van der Waals surface area contributed by atoms with E-state index in [-0.39, 0.29) is 24.5 Å². The zero-order chi connectivity index (χ0) is 17.2. The molecule has 0 radical (unpaired) electrons. The Morgan fingerprint density at radius 1 is 1.13 bits per heavy atom. The predicted molar refractivity (Wildman–Crippen MR) is 90.1 cm³/mol. The van der Waals surface area contributed by atoms with E-state index >= 15 is 0 Å². The molecule has 1 saturated heterocycles. The number of amides is 1. The molecule has 2 N–H and O–H groups in total. The van der Waals surface area contributed by atoms with Gasteiger partial charge in [0.1, 0.15) is 12.6 Å². The third-order valence-electron chi connectivity index (χ3n) is 4.04. The maximum absolute atomic E-state index is 11.9. The van der Waals surface area contributed by atoms with Gasteiger partial charge < -0.3 is 9.64 Å². The lowest BCUT2D eigenvalue weighted by atomic mass is 10.0. The molecule has 1 amide bonds. The first-order valence-electron chi connectivity index (χ1n) is 8.37. The minimum absolute atomic E-state index is 0.0727.